The van der Waals surface area contributed by atoms with Gasteiger partial charge in [-0.3, -0.25) is 0 Å². The quantitative estimate of drug-likeness (QED) is 0.864. The van der Waals surface area contributed by atoms with Crippen LogP contribution in [0.1, 0.15) is 27.5 Å². The summed E-state index contributed by atoms with van der Waals surface area (Å²) in [4.78, 5) is 14.9. The second-order valence-corrected chi connectivity index (χ2v) is 4.90. The van der Waals surface area contributed by atoms with Crippen molar-refractivity contribution in [3.63, 3.8) is 0 Å². The van der Waals surface area contributed by atoms with Gasteiger partial charge in [-0.15, -0.1) is 0 Å². The third kappa shape index (κ3) is 2.19. The van der Waals surface area contributed by atoms with Crippen molar-refractivity contribution < 1.29 is 9.90 Å². The van der Waals surface area contributed by atoms with Crippen LogP contribution in [0.4, 0.5) is 5.95 Å². The molecule has 0 amide bonds. The van der Waals surface area contributed by atoms with Crippen molar-refractivity contribution in [2.24, 2.45) is 0 Å². The summed E-state index contributed by atoms with van der Waals surface area (Å²) in [6, 6.07) is 8.45. The lowest BCUT2D eigenvalue weighted by Crippen LogP contribution is -2.25. The lowest BCUT2D eigenvalue weighted by atomic mass is 9.97. The number of carboxylic acids is 1. The number of anilines is 1. The minimum atomic E-state index is -0.990. The molecular formula is C14H15N3O2. The number of hydrogen-bond donors (Lipinski definition) is 2. The first-order chi connectivity index (χ1) is 9.13. The Morgan fingerprint density at radius 3 is 2.84 bits per heavy atom. The molecule has 19 heavy (non-hydrogen) atoms. The Morgan fingerprint density at radius 1 is 1.42 bits per heavy atom. The van der Waals surface area contributed by atoms with Crippen LogP contribution >= 0.6 is 0 Å². The molecule has 0 aliphatic carbocycles. The topological polar surface area (TPSA) is 67.2 Å². The molecule has 0 fully saturated rings. The molecule has 5 nitrogen and oxygen atoms in total. The van der Waals surface area contributed by atoms with Gasteiger partial charge >= 0.3 is 5.97 Å². The van der Waals surface area contributed by atoms with Crippen molar-refractivity contribution in [3.8, 4) is 0 Å². The standard InChI is InChI=1S/C14H15N3O2/c1-9-2-4-10(5-3-9)11-6-15-14-16-12(13(18)19)8-17(14)7-11/h2-5,8,11H,6-7H2,1H3,(H,15,16)(H,18,19). The summed E-state index contributed by atoms with van der Waals surface area (Å²) < 4.78 is 1.87. The van der Waals surface area contributed by atoms with Gasteiger partial charge in [-0.25, -0.2) is 9.78 Å². The van der Waals surface area contributed by atoms with Crippen LogP contribution in [-0.4, -0.2) is 27.2 Å². The van der Waals surface area contributed by atoms with Crippen LogP contribution < -0.4 is 5.32 Å². The fourth-order valence-electron chi connectivity index (χ4n) is 2.38. The highest BCUT2D eigenvalue weighted by Gasteiger charge is 2.22. The van der Waals surface area contributed by atoms with Gasteiger partial charge in [-0.1, -0.05) is 29.8 Å². The molecule has 0 saturated heterocycles. The number of nitrogens with one attached hydrogen (secondary N) is 1. The Kier molecular flexibility index (Phi) is 2.74. The summed E-state index contributed by atoms with van der Waals surface area (Å²) in [6.07, 6.45) is 1.59. The van der Waals surface area contributed by atoms with Gasteiger partial charge in [0, 0.05) is 25.2 Å². The van der Waals surface area contributed by atoms with E-state index >= 15 is 0 Å². The van der Waals surface area contributed by atoms with E-state index < -0.39 is 5.97 Å². The first-order valence-electron chi connectivity index (χ1n) is 6.24. The third-order valence-corrected chi connectivity index (χ3v) is 3.47. The zero-order valence-electron chi connectivity index (χ0n) is 10.6. The highest BCUT2D eigenvalue weighted by Crippen LogP contribution is 2.25. The summed E-state index contributed by atoms with van der Waals surface area (Å²) in [6.45, 7) is 3.60. The lowest BCUT2D eigenvalue weighted by molar-refractivity contribution is 0.0691. The van der Waals surface area contributed by atoms with Crippen molar-refractivity contribution in [1.82, 2.24) is 9.55 Å². The average molecular weight is 257 g/mol. The molecular weight excluding hydrogens is 242 g/mol. The largest absolute Gasteiger partial charge is 0.476 e. The van der Waals surface area contributed by atoms with Crippen LogP contribution in [0.15, 0.2) is 30.5 Å². The number of imidazole rings is 1. The molecule has 5 heteroatoms. The smallest absolute Gasteiger partial charge is 0.356 e. The van der Waals surface area contributed by atoms with E-state index in [0.29, 0.717) is 11.9 Å². The molecule has 1 aliphatic rings. The summed E-state index contributed by atoms with van der Waals surface area (Å²) in [5.41, 5.74) is 2.59. The minimum Gasteiger partial charge on any atom is -0.476 e. The van der Waals surface area contributed by atoms with Crippen LogP contribution in [0, 0.1) is 6.92 Å². The first kappa shape index (κ1) is 11.8. The van der Waals surface area contributed by atoms with E-state index in [1.165, 1.54) is 11.1 Å². The summed E-state index contributed by atoms with van der Waals surface area (Å²) in [7, 11) is 0. The van der Waals surface area contributed by atoms with Gasteiger partial charge in [0.25, 0.3) is 0 Å². The van der Waals surface area contributed by atoms with Gasteiger partial charge in [0.05, 0.1) is 0 Å². The Labute approximate surface area is 110 Å². The maximum atomic E-state index is 10.9. The average Bonchev–Trinajstić information content (AvgIpc) is 2.82. The Balaban J connectivity index is 1.85. The fourth-order valence-corrected chi connectivity index (χ4v) is 2.38. The molecule has 98 valence electrons. The SMILES string of the molecule is Cc1ccc(C2CNc3nc(C(=O)O)cn3C2)cc1. The highest BCUT2D eigenvalue weighted by atomic mass is 16.4. The number of aryl methyl sites for hydroxylation is 1. The molecule has 1 aromatic carbocycles. The number of hydrogen-bond acceptors (Lipinski definition) is 3. The normalized spacial score (nSPS) is 17.6. The molecule has 1 aromatic heterocycles. The van der Waals surface area contributed by atoms with E-state index in [4.69, 9.17) is 5.11 Å². The van der Waals surface area contributed by atoms with E-state index in [0.717, 1.165) is 13.1 Å². The van der Waals surface area contributed by atoms with Crippen LogP contribution in [0.5, 0.6) is 0 Å². The van der Waals surface area contributed by atoms with Crippen molar-refractivity contribution in [2.75, 3.05) is 11.9 Å². The second kappa shape index (κ2) is 4.42. The maximum Gasteiger partial charge on any atom is 0.356 e. The van der Waals surface area contributed by atoms with Gasteiger partial charge in [0.15, 0.2) is 5.69 Å². The number of fused-ring (bicyclic) bond motifs is 1. The van der Waals surface area contributed by atoms with Crippen molar-refractivity contribution in [3.05, 3.63) is 47.3 Å². The Bertz CT molecular complexity index is 616. The molecule has 1 atom stereocenters. The van der Waals surface area contributed by atoms with Crippen molar-refractivity contribution in [1.29, 1.82) is 0 Å². The Morgan fingerprint density at radius 2 is 2.16 bits per heavy atom. The molecule has 2 N–H and O–H groups in total. The second-order valence-electron chi connectivity index (χ2n) is 4.90. The lowest BCUT2D eigenvalue weighted by Gasteiger charge is -2.25. The van der Waals surface area contributed by atoms with Crippen molar-refractivity contribution >= 4 is 11.9 Å². The number of rotatable bonds is 2. The van der Waals surface area contributed by atoms with Crippen LogP contribution in [0.2, 0.25) is 0 Å². The molecule has 2 heterocycles. The molecule has 0 spiro atoms. The monoisotopic (exact) mass is 257 g/mol. The molecule has 1 aliphatic heterocycles. The molecule has 2 aromatic rings. The predicted molar refractivity (Wildman–Crippen MR) is 71.6 cm³/mol. The van der Waals surface area contributed by atoms with E-state index in [-0.39, 0.29) is 5.69 Å². The van der Waals surface area contributed by atoms with Gasteiger partial charge in [-0.05, 0) is 12.5 Å². The Hall–Kier alpha value is -2.30. The van der Waals surface area contributed by atoms with Crippen LogP contribution in [0.3, 0.4) is 0 Å². The number of nitrogens with zero attached hydrogens (tertiary/aromatic N) is 2. The fraction of sp³-hybridized carbons (Fsp3) is 0.286. The number of carbonyl (C=O) groups is 1. The number of carboxylic acid groups (broad SMARTS) is 1. The van der Waals surface area contributed by atoms with E-state index in [1.54, 1.807) is 6.20 Å². The number of aromatic carboxylic acids is 1. The van der Waals surface area contributed by atoms with Crippen LogP contribution in [0.25, 0.3) is 0 Å². The first-order valence-corrected chi connectivity index (χ1v) is 6.24. The highest BCUT2D eigenvalue weighted by molar-refractivity contribution is 5.85. The van der Waals surface area contributed by atoms with Gasteiger partial charge in [-0.2, -0.15) is 0 Å². The number of benzene rings is 1. The van der Waals surface area contributed by atoms with E-state index in [2.05, 4.69) is 41.5 Å². The molecule has 0 radical (unpaired) electrons. The summed E-state index contributed by atoms with van der Waals surface area (Å²) in [5.74, 6) is -0.0136. The molecule has 0 saturated carbocycles. The number of aromatic nitrogens is 2. The van der Waals surface area contributed by atoms with Gasteiger partial charge in [0.2, 0.25) is 5.95 Å². The molecule has 1 unspecified atom stereocenters. The molecule has 0 bridgehead atoms. The zero-order valence-corrected chi connectivity index (χ0v) is 10.6. The van der Waals surface area contributed by atoms with Crippen molar-refractivity contribution in [2.45, 2.75) is 19.4 Å². The summed E-state index contributed by atoms with van der Waals surface area (Å²) in [5, 5.41) is 12.1. The van der Waals surface area contributed by atoms with E-state index in [9.17, 15) is 4.79 Å². The van der Waals surface area contributed by atoms with Gasteiger partial charge < -0.3 is 15.0 Å². The minimum absolute atomic E-state index is 0.0899. The van der Waals surface area contributed by atoms with E-state index in [1.807, 2.05) is 4.57 Å². The maximum absolute atomic E-state index is 10.9. The van der Waals surface area contributed by atoms with Crippen LogP contribution in [-0.2, 0) is 6.54 Å². The third-order valence-electron chi connectivity index (χ3n) is 3.47. The van der Waals surface area contributed by atoms with Gasteiger partial charge in [0.1, 0.15) is 0 Å². The molecule has 3 rings (SSSR count). The summed E-state index contributed by atoms with van der Waals surface area (Å²) >= 11 is 0. The predicted octanol–water partition coefficient (Wildman–Crippen LogP) is 2.10. The zero-order chi connectivity index (χ0) is 13.4.